The summed E-state index contributed by atoms with van der Waals surface area (Å²) in [6.07, 6.45) is 4.85. The smallest absolute Gasteiger partial charge is 0.148 e. The van der Waals surface area contributed by atoms with Gasteiger partial charge in [-0.1, -0.05) is 5.92 Å². The van der Waals surface area contributed by atoms with Gasteiger partial charge < -0.3 is 4.74 Å². The van der Waals surface area contributed by atoms with Gasteiger partial charge in [0.1, 0.15) is 13.3 Å². The molecule has 3 heteroatoms. The van der Waals surface area contributed by atoms with Crippen molar-refractivity contribution >= 4 is 17.4 Å². The molecule has 0 radical (unpaired) electrons. The van der Waals surface area contributed by atoms with Gasteiger partial charge in [-0.3, -0.25) is 0 Å². The van der Waals surface area contributed by atoms with Gasteiger partial charge in [0.05, 0.1) is 5.16 Å². The highest BCUT2D eigenvalue weighted by Crippen LogP contribution is 1.70. The van der Waals surface area contributed by atoms with E-state index in [0.29, 0.717) is 0 Å². The van der Waals surface area contributed by atoms with Crippen LogP contribution >= 0.6 is 12.2 Å². The number of nitrogens with zero attached hydrogens (tertiary/aromatic N) is 1. The summed E-state index contributed by atoms with van der Waals surface area (Å²) in [7, 11) is 0. The predicted octanol–water partition coefficient (Wildman–Crippen LogP) is 0.697. The van der Waals surface area contributed by atoms with Crippen LogP contribution in [-0.2, 0) is 4.74 Å². The molecule has 0 saturated carbocycles. The molecule has 0 N–H and O–H groups in total. The van der Waals surface area contributed by atoms with Crippen molar-refractivity contribution in [3.05, 3.63) is 0 Å². The van der Waals surface area contributed by atoms with Gasteiger partial charge in [0.2, 0.25) is 0 Å². The number of hydrogen-bond acceptors (Lipinski definition) is 3. The second-order valence-electron chi connectivity index (χ2n) is 0.931. The van der Waals surface area contributed by atoms with Crippen LogP contribution in [0.1, 0.15) is 0 Å². The zero-order chi connectivity index (χ0) is 6.24. The highest BCUT2D eigenvalue weighted by Gasteiger charge is 1.73. The van der Waals surface area contributed by atoms with E-state index in [1.807, 2.05) is 0 Å². The van der Waals surface area contributed by atoms with Gasteiger partial charge in [0.15, 0.2) is 0 Å². The monoisotopic (exact) mass is 127 g/mol. The first-order chi connectivity index (χ1) is 3.91. The maximum Gasteiger partial charge on any atom is 0.148 e. The van der Waals surface area contributed by atoms with E-state index in [-0.39, 0.29) is 13.3 Å². The zero-order valence-corrected chi connectivity index (χ0v) is 5.07. The summed E-state index contributed by atoms with van der Waals surface area (Å²) in [6, 6.07) is 0. The first-order valence-corrected chi connectivity index (χ1v) is 2.37. The van der Waals surface area contributed by atoms with Crippen LogP contribution in [0.2, 0.25) is 0 Å². The Bertz CT molecular complexity index is 132. The standard InChI is InChI=1S/C5H5NOS/c1-2-3-7-4-6-5-8/h1H,3-4H2. The summed E-state index contributed by atoms with van der Waals surface area (Å²) in [5.74, 6) is 2.28. The van der Waals surface area contributed by atoms with Crippen LogP contribution in [0.5, 0.6) is 0 Å². The maximum atomic E-state index is 4.85. The third-order valence-electron chi connectivity index (χ3n) is 0.406. The van der Waals surface area contributed by atoms with Gasteiger partial charge in [0, 0.05) is 0 Å². The highest BCUT2D eigenvalue weighted by molar-refractivity contribution is 7.78. The van der Waals surface area contributed by atoms with Crippen LogP contribution in [0, 0.1) is 12.3 Å². The molecule has 0 saturated heterocycles. The van der Waals surface area contributed by atoms with E-state index in [2.05, 4.69) is 28.3 Å². The van der Waals surface area contributed by atoms with E-state index < -0.39 is 0 Å². The Balaban J connectivity index is 2.96. The van der Waals surface area contributed by atoms with Crippen LogP contribution in [0.25, 0.3) is 0 Å². The fourth-order valence-corrected chi connectivity index (χ4v) is 0.229. The quantitative estimate of drug-likeness (QED) is 0.241. The molecule has 2 nitrogen and oxygen atoms in total. The molecule has 0 heterocycles. The van der Waals surface area contributed by atoms with Crippen molar-refractivity contribution in [3.63, 3.8) is 0 Å². The van der Waals surface area contributed by atoms with Gasteiger partial charge in [-0.05, 0) is 12.2 Å². The number of ether oxygens (including phenoxy) is 1. The topological polar surface area (TPSA) is 21.6 Å². The molecule has 0 aliphatic carbocycles. The summed E-state index contributed by atoms with van der Waals surface area (Å²) in [5.41, 5.74) is 0. The molecule has 0 aromatic rings. The van der Waals surface area contributed by atoms with Crippen molar-refractivity contribution in [3.8, 4) is 12.3 Å². The van der Waals surface area contributed by atoms with E-state index in [1.54, 1.807) is 0 Å². The number of hydrogen-bond donors (Lipinski definition) is 0. The second-order valence-corrected chi connectivity index (χ2v) is 1.11. The van der Waals surface area contributed by atoms with E-state index >= 15 is 0 Å². The van der Waals surface area contributed by atoms with E-state index in [0.717, 1.165) is 0 Å². The fraction of sp³-hybridized carbons (Fsp3) is 0.400. The Morgan fingerprint density at radius 3 is 3.00 bits per heavy atom. The summed E-state index contributed by atoms with van der Waals surface area (Å²) in [6.45, 7) is 0.494. The van der Waals surface area contributed by atoms with E-state index in [4.69, 9.17) is 11.2 Å². The van der Waals surface area contributed by atoms with Crippen molar-refractivity contribution in [2.24, 2.45) is 4.99 Å². The van der Waals surface area contributed by atoms with Gasteiger partial charge in [-0.15, -0.1) is 6.42 Å². The molecule has 0 bridgehead atoms. The van der Waals surface area contributed by atoms with Gasteiger partial charge in [-0.25, -0.2) is 4.99 Å². The minimum absolute atomic E-state index is 0.216. The lowest BCUT2D eigenvalue weighted by molar-refractivity contribution is 0.177. The Labute approximate surface area is 53.6 Å². The Kier molecular flexibility index (Phi) is 5.78. The average molecular weight is 127 g/mol. The molecule has 0 aromatic heterocycles. The lowest BCUT2D eigenvalue weighted by Gasteiger charge is -1.87. The molecular weight excluding hydrogens is 122 g/mol. The predicted molar refractivity (Wildman–Crippen MR) is 34.7 cm³/mol. The fourth-order valence-electron chi connectivity index (χ4n) is 0.177. The average Bonchev–Trinajstić information content (AvgIpc) is 1.81. The molecule has 0 aromatic carbocycles. The molecule has 8 heavy (non-hydrogen) atoms. The van der Waals surface area contributed by atoms with E-state index in [1.165, 1.54) is 0 Å². The Hall–Kier alpha value is -0.680. The molecular formula is C5H5NOS. The van der Waals surface area contributed by atoms with Crippen molar-refractivity contribution < 1.29 is 4.74 Å². The minimum atomic E-state index is 0.216. The van der Waals surface area contributed by atoms with Gasteiger partial charge in [-0.2, -0.15) is 0 Å². The molecule has 0 aliphatic heterocycles. The third kappa shape index (κ3) is 5.32. The molecule has 0 spiro atoms. The molecule has 0 unspecified atom stereocenters. The summed E-state index contributed by atoms with van der Waals surface area (Å²) in [4.78, 5) is 3.46. The Morgan fingerprint density at radius 2 is 2.50 bits per heavy atom. The van der Waals surface area contributed by atoms with Crippen LogP contribution in [-0.4, -0.2) is 18.5 Å². The molecule has 0 amide bonds. The highest BCUT2D eigenvalue weighted by atomic mass is 32.1. The molecule has 0 fully saturated rings. The largest absolute Gasteiger partial charge is 0.346 e. The minimum Gasteiger partial charge on any atom is -0.346 e. The first kappa shape index (κ1) is 7.32. The Morgan fingerprint density at radius 1 is 1.75 bits per heavy atom. The van der Waals surface area contributed by atoms with Crippen molar-refractivity contribution in [2.45, 2.75) is 0 Å². The van der Waals surface area contributed by atoms with Gasteiger partial charge >= 0.3 is 0 Å². The number of aliphatic imine (C=N–C) groups is 1. The number of thiocarbonyl (C=S) groups is 1. The first-order valence-electron chi connectivity index (χ1n) is 1.96. The molecule has 0 atom stereocenters. The van der Waals surface area contributed by atoms with Crippen molar-refractivity contribution in [1.29, 1.82) is 0 Å². The number of terminal acetylenes is 1. The normalized spacial score (nSPS) is 6.88. The summed E-state index contributed by atoms with van der Waals surface area (Å²) in [5, 5.41) is 2.14. The molecule has 0 rings (SSSR count). The number of rotatable bonds is 3. The lowest BCUT2D eigenvalue weighted by atomic mass is 10.8. The maximum absolute atomic E-state index is 4.85. The SMILES string of the molecule is C#CCOCN=C=S. The van der Waals surface area contributed by atoms with Crippen molar-refractivity contribution in [2.75, 3.05) is 13.3 Å². The number of isothiocyanates is 1. The van der Waals surface area contributed by atoms with Gasteiger partial charge in [0.25, 0.3) is 0 Å². The zero-order valence-electron chi connectivity index (χ0n) is 4.26. The van der Waals surface area contributed by atoms with Crippen LogP contribution in [0.4, 0.5) is 0 Å². The van der Waals surface area contributed by atoms with Crippen LogP contribution in [0.15, 0.2) is 4.99 Å². The van der Waals surface area contributed by atoms with Crippen LogP contribution in [0.3, 0.4) is 0 Å². The van der Waals surface area contributed by atoms with E-state index in [9.17, 15) is 0 Å². The molecule has 42 valence electrons. The third-order valence-corrected chi connectivity index (χ3v) is 0.535. The lowest BCUT2D eigenvalue weighted by Crippen LogP contribution is -1.89. The summed E-state index contributed by atoms with van der Waals surface area (Å²) < 4.78 is 4.69. The second kappa shape index (κ2) is 6.32. The van der Waals surface area contributed by atoms with Crippen LogP contribution < -0.4 is 0 Å². The molecule has 0 aliphatic rings. The summed E-state index contributed by atoms with van der Waals surface area (Å²) >= 11 is 4.25. The van der Waals surface area contributed by atoms with Crippen molar-refractivity contribution in [1.82, 2.24) is 0 Å².